The van der Waals surface area contributed by atoms with Gasteiger partial charge in [0.2, 0.25) is 11.7 Å². The Morgan fingerprint density at radius 2 is 2.43 bits per heavy atom. The van der Waals surface area contributed by atoms with E-state index in [9.17, 15) is 5.11 Å². The number of hydrogen-bond acceptors (Lipinski definition) is 6. The van der Waals surface area contributed by atoms with Gasteiger partial charge in [0.25, 0.3) is 0 Å². The Morgan fingerprint density at radius 3 is 3.19 bits per heavy atom. The van der Waals surface area contributed by atoms with Gasteiger partial charge in [-0.3, -0.25) is 4.90 Å². The number of aliphatic hydroxyl groups excluding tert-OH is 1. The minimum absolute atomic E-state index is 0.209. The van der Waals surface area contributed by atoms with Crippen LogP contribution in [0.25, 0.3) is 11.4 Å². The maximum Gasteiger partial charge on any atom is 0.241 e. The third kappa shape index (κ3) is 3.33. The molecular weight excluding hydrogens is 286 g/mol. The van der Waals surface area contributed by atoms with Crippen molar-refractivity contribution in [2.75, 3.05) is 6.54 Å². The first kappa shape index (κ1) is 14.7. The molecule has 1 N–H and O–H groups in total. The molecule has 2 aromatic rings. The topological polar surface area (TPSA) is 62.4 Å². The molecule has 0 aromatic carbocycles. The number of piperidine rings is 1. The van der Waals surface area contributed by atoms with Crippen molar-refractivity contribution in [2.45, 2.75) is 51.3 Å². The Hall–Kier alpha value is -1.24. The Morgan fingerprint density at radius 1 is 1.52 bits per heavy atom. The van der Waals surface area contributed by atoms with Crippen molar-refractivity contribution in [2.24, 2.45) is 0 Å². The third-order valence-electron chi connectivity index (χ3n) is 4.11. The second kappa shape index (κ2) is 6.68. The summed E-state index contributed by atoms with van der Waals surface area (Å²) in [5.41, 5.74) is 0.999. The highest BCUT2D eigenvalue weighted by atomic mass is 32.1. The Balaban J connectivity index is 1.70. The zero-order valence-corrected chi connectivity index (χ0v) is 13.1. The quantitative estimate of drug-likeness (QED) is 0.920. The van der Waals surface area contributed by atoms with Crippen LogP contribution in [0, 0.1) is 0 Å². The summed E-state index contributed by atoms with van der Waals surface area (Å²) in [5, 5.41) is 18.2. The molecule has 1 aliphatic rings. The molecule has 0 amide bonds. The number of aliphatic hydroxyl groups is 1. The number of rotatable bonds is 5. The van der Waals surface area contributed by atoms with E-state index in [4.69, 9.17) is 4.52 Å². The predicted molar refractivity (Wildman–Crippen MR) is 82.0 cm³/mol. The summed E-state index contributed by atoms with van der Waals surface area (Å²) in [7, 11) is 0. The molecule has 5 nitrogen and oxygen atoms in total. The van der Waals surface area contributed by atoms with Gasteiger partial charge in [-0.05, 0) is 37.3 Å². The van der Waals surface area contributed by atoms with Crippen molar-refractivity contribution in [1.82, 2.24) is 15.0 Å². The molecular formula is C15H21N3O2S. The molecule has 114 valence electrons. The summed E-state index contributed by atoms with van der Waals surface area (Å²) < 4.78 is 5.37. The maximum absolute atomic E-state index is 10.2. The van der Waals surface area contributed by atoms with Gasteiger partial charge >= 0.3 is 0 Å². The summed E-state index contributed by atoms with van der Waals surface area (Å²) in [6, 6.07) is 2.20. The molecule has 1 saturated heterocycles. The standard InChI is InChI=1S/C15H21N3O2S/c1-2-13(19)12-5-3-4-7-18(12)9-14-16-15(17-20-14)11-6-8-21-10-11/h6,8,10,12-13,19H,2-5,7,9H2,1H3. The zero-order valence-electron chi connectivity index (χ0n) is 12.2. The molecule has 3 rings (SSSR count). The highest BCUT2D eigenvalue weighted by Crippen LogP contribution is 2.24. The Labute approximate surface area is 128 Å². The molecule has 3 heterocycles. The van der Waals surface area contributed by atoms with Gasteiger partial charge in [-0.2, -0.15) is 16.3 Å². The van der Waals surface area contributed by atoms with Crippen LogP contribution in [0.4, 0.5) is 0 Å². The van der Waals surface area contributed by atoms with Crippen LogP contribution in [0.3, 0.4) is 0 Å². The first-order valence-corrected chi connectivity index (χ1v) is 8.49. The number of nitrogens with zero attached hydrogens (tertiary/aromatic N) is 3. The molecule has 0 aliphatic carbocycles. The maximum atomic E-state index is 10.2. The first-order valence-electron chi connectivity index (χ1n) is 7.55. The van der Waals surface area contributed by atoms with E-state index in [1.54, 1.807) is 11.3 Å². The molecule has 0 saturated carbocycles. The van der Waals surface area contributed by atoms with E-state index in [1.807, 2.05) is 23.8 Å². The highest BCUT2D eigenvalue weighted by molar-refractivity contribution is 7.08. The van der Waals surface area contributed by atoms with E-state index >= 15 is 0 Å². The summed E-state index contributed by atoms with van der Waals surface area (Å²) in [6.07, 6.45) is 3.90. The van der Waals surface area contributed by atoms with E-state index in [2.05, 4.69) is 15.0 Å². The minimum atomic E-state index is -0.274. The molecule has 2 unspecified atom stereocenters. The number of thiophene rings is 1. The van der Waals surface area contributed by atoms with Crippen LogP contribution in [0.2, 0.25) is 0 Å². The van der Waals surface area contributed by atoms with Crippen molar-refractivity contribution in [1.29, 1.82) is 0 Å². The van der Waals surface area contributed by atoms with Crippen LogP contribution in [-0.4, -0.2) is 38.8 Å². The monoisotopic (exact) mass is 307 g/mol. The fraction of sp³-hybridized carbons (Fsp3) is 0.600. The van der Waals surface area contributed by atoms with E-state index in [0.29, 0.717) is 18.3 Å². The molecule has 0 bridgehead atoms. The van der Waals surface area contributed by atoms with Gasteiger partial charge in [0.05, 0.1) is 12.6 Å². The predicted octanol–water partition coefficient (Wildman–Crippen LogP) is 2.92. The highest BCUT2D eigenvalue weighted by Gasteiger charge is 2.29. The normalized spacial score (nSPS) is 21.5. The smallest absolute Gasteiger partial charge is 0.241 e. The van der Waals surface area contributed by atoms with Gasteiger partial charge in [-0.15, -0.1) is 0 Å². The van der Waals surface area contributed by atoms with Crippen molar-refractivity contribution in [3.05, 3.63) is 22.7 Å². The summed E-state index contributed by atoms with van der Waals surface area (Å²) in [5.74, 6) is 1.28. The summed E-state index contributed by atoms with van der Waals surface area (Å²) in [4.78, 5) is 6.75. The molecule has 6 heteroatoms. The van der Waals surface area contributed by atoms with Crippen LogP contribution in [0.15, 0.2) is 21.3 Å². The molecule has 0 spiro atoms. The molecule has 2 aromatic heterocycles. The van der Waals surface area contributed by atoms with Crippen LogP contribution in [0.5, 0.6) is 0 Å². The average Bonchev–Trinajstić information content (AvgIpc) is 3.18. The Kier molecular flexibility index (Phi) is 4.67. The van der Waals surface area contributed by atoms with Crippen LogP contribution in [0.1, 0.15) is 38.5 Å². The minimum Gasteiger partial charge on any atom is -0.392 e. The summed E-state index contributed by atoms with van der Waals surface area (Å²) in [6.45, 7) is 3.63. The number of hydrogen-bond donors (Lipinski definition) is 1. The fourth-order valence-electron chi connectivity index (χ4n) is 2.92. The van der Waals surface area contributed by atoms with Gasteiger partial charge in [0.15, 0.2) is 0 Å². The fourth-order valence-corrected chi connectivity index (χ4v) is 3.56. The SMILES string of the molecule is CCC(O)C1CCCCN1Cc1nc(-c2ccsc2)no1. The van der Waals surface area contributed by atoms with Crippen LogP contribution in [-0.2, 0) is 6.54 Å². The van der Waals surface area contributed by atoms with Crippen molar-refractivity contribution in [3.8, 4) is 11.4 Å². The van der Waals surface area contributed by atoms with Crippen molar-refractivity contribution >= 4 is 11.3 Å². The third-order valence-corrected chi connectivity index (χ3v) is 4.80. The van der Waals surface area contributed by atoms with E-state index < -0.39 is 0 Å². The van der Waals surface area contributed by atoms with Crippen LogP contribution < -0.4 is 0 Å². The second-order valence-corrected chi connectivity index (χ2v) is 6.31. The van der Waals surface area contributed by atoms with Crippen molar-refractivity contribution in [3.63, 3.8) is 0 Å². The lowest BCUT2D eigenvalue weighted by Gasteiger charge is -2.37. The van der Waals surface area contributed by atoms with Gasteiger partial charge < -0.3 is 9.63 Å². The van der Waals surface area contributed by atoms with Crippen LogP contribution >= 0.6 is 11.3 Å². The van der Waals surface area contributed by atoms with Gasteiger partial charge in [0, 0.05) is 17.0 Å². The second-order valence-electron chi connectivity index (χ2n) is 5.53. The molecule has 2 atom stereocenters. The van der Waals surface area contributed by atoms with Gasteiger partial charge in [0.1, 0.15) is 0 Å². The molecule has 1 aliphatic heterocycles. The Bertz CT molecular complexity index is 555. The van der Waals surface area contributed by atoms with Gasteiger partial charge in [-0.1, -0.05) is 18.5 Å². The zero-order chi connectivity index (χ0) is 14.7. The lowest BCUT2D eigenvalue weighted by atomic mass is 9.96. The number of likely N-dealkylation sites (tertiary alicyclic amines) is 1. The van der Waals surface area contributed by atoms with E-state index in [1.165, 1.54) is 12.8 Å². The largest absolute Gasteiger partial charge is 0.392 e. The number of aromatic nitrogens is 2. The van der Waals surface area contributed by atoms with Crippen molar-refractivity contribution < 1.29 is 9.63 Å². The molecule has 0 radical (unpaired) electrons. The molecule has 1 fully saturated rings. The van der Waals surface area contributed by atoms with Gasteiger partial charge in [-0.25, -0.2) is 0 Å². The lowest BCUT2D eigenvalue weighted by molar-refractivity contribution is 0.0145. The summed E-state index contributed by atoms with van der Waals surface area (Å²) >= 11 is 1.62. The molecule has 21 heavy (non-hydrogen) atoms. The average molecular weight is 307 g/mol. The van der Waals surface area contributed by atoms with E-state index in [0.717, 1.165) is 24.9 Å². The lowest BCUT2D eigenvalue weighted by Crippen LogP contribution is -2.46. The first-order chi connectivity index (χ1) is 10.3. The van der Waals surface area contributed by atoms with E-state index in [-0.39, 0.29) is 12.1 Å².